The van der Waals surface area contributed by atoms with Crippen LogP contribution in [0.3, 0.4) is 0 Å². The van der Waals surface area contributed by atoms with E-state index in [4.69, 9.17) is 0 Å². The Balaban J connectivity index is 1.64. The van der Waals surface area contributed by atoms with Crippen molar-refractivity contribution in [3.63, 3.8) is 0 Å². The van der Waals surface area contributed by atoms with Crippen LogP contribution in [-0.2, 0) is 9.59 Å². The number of thioether (sulfide) groups is 1. The van der Waals surface area contributed by atoms with Crippen LogP contribution in [0.25, 0.3) is 5.69 Å². The van der Waals surface area contributed by atoms with E-state index in [1.807, 2.05) is 12.1 Å². The highest BCUT2D eigenvalue weighted by molar-refractivity contribution is 7.99. The molecule has 1 aliphatic carbocycles. The van der Waals surface area contributed by atoms with E-state index >= 15 is 0 Å². The summed E-state index contributed by atoms with van der Waals surface area (Å²) in [7, 11) is 0. The quantitative estimate of drug-likeness (QED) is 0.761. The monoisotopic (exact) mass is 360 g/mol. The third kappa shape index (κ3) is 4.79. The van der Waals surface area contributed by atoms with Crippen LogP contribution >= 0.6 is 11.8 Å². The molecular weight excluding hydrogens is 340 g/mol. The molecule has 0 radical (unpaired) electrons. The molecule has 0 bridgehead atoms. The van der Waals surface area contributed by atoms with Crippen LogP contribution in [0.1, 0.15) is 32.6 Å². The summed E-state index contributed by atoms with van der Waals surface area (Å²) in [6.07, 6.45) is 4.48. The number of hydrogen-bond donors (Lipinski definition) is 2. The smallest absolute Gasteiger partial charge is 0.230 e. The molecule has 1 fully saturated rings. The lowest BCUT2D eigenvalue weighted by molar-refractivity contribution is -0.119. The van der Waals surface area contributed by atoms with Crippen molar-refractivity contribution in [2.24, 2.45) is 0 Å². The summed E-state index contributed by atoms with van der Waals surface area (Å²) in [5, 5.41) is 18.0. The molecule has 3 rings (SSSR count). The van der Waals surface area contributed by atoms with E-state index in [-0.39, 0.29) is 17.6 Å². The van der Waals surface area contributed by atoms with E-state index < -0.39 is 0 Å². The Hall–Kier alpha value is -2.42. The van der Waals surface area contributed by atoms with Crippen molar-refractivity contribution in [3.8, 4) is 5.69 Å². The minimum atomic E-state index is -0.146. The van der Waals surface area contributed by atoms with Crippen LogP contribution in [0.4, 0.5) is 5.69 Å². The number of nitrogens with zero attached hydrogens (tertiary/aromatic N) is 4. The molecule has 1 aromatic heterocycles. The van der Waals surface area contributed by atoms with Crippen molar-refractivity contribution in [3.05, 3.63) is 24.3 Å². The van der Waals surface area contributed by atoms with Gasteiger partial charge in [-0.15, -0.1) is 5.10 Å². The number of rotatable bonds is 6. The van der Waals surface area contributed by atoms with Crippen LogP contribution < -0.4 is 10.6 Å². The number of anilines is 1. The normalized spacial score (nSPS) is 14.4. The van der Waals surface area contributed by atoms with Gasteiger partial charge in [-0.1, -0.05) is 30.7 Å². The molecule has 1 saturated carbocycles. The highest BCUT2D eigenvalue weighted by atomic mass is 32.2. The molecule has 8 nitrogen and oxygen atoms in total. The van der Waals surface area contributed by atoms with E-state index in [9.17, 15) is 9.59 Å². The van der Waals surface area contributed by atoms with Crippen molar-refractivity contribution in [1.29, 1.82) is 0 Å². The largest absolute Gasteiger partial charge is 0.353 e. The first-order valence-electron chi connectivity index (χ1n) is 8.20. The Bertz CT molecular complexity index is 757. The first-order valence-corrected chi connectivity index (χ1v) is 9.19. The van der Waals surface area contributed by atoms with Gasteiger partial charge in [0.15, 0.2) is 0 Å². The van der Waals surface area contributed by atoms with Crippen LogP contribution in [-0.4, -0.2) is 43.8 Å². The van der Waals surface area contributed by atoms with Gasteiger partial charge in [0.05, 0.1) is 11.4 Å². The molecule has 0 aliphatic heterocycles. The lowest BCUT2D eigenvalue weighted by Crippen LogP contribution is -2.33. The Morgan fingerprint density at radius 3 is 2.88 bits per heavy atom. The maximum absolute atomic E-state index is 12.1. The number of tetrazole rings is 1. The summed E-state index contributed by atoms with van der Waals surface area (Å²) in [5.74, 6) is 0.118. The van der Waals surface area contributed by atoms with Crippen LogP contribution in [0.15, 0.2) is 29.4 Å². The fourth-order valence-corrected chi connectivity index (χ4v) is 3.52. The predicted octanol–water partition coefficient (Wildman–Crippen LogP) is 1.77. The molecule has 0 unspecified atom stereocenters. The van der Waals surface area contributed by atoms with Gasteiger partial charge in [0.2, 0.25) is 17.0 Å². The Labute approximate surface area is 149 Å². The second-order valence-corrected chi connectivity index (χ2v) is 6.88. The lowest BCUT2D eigenvalue weighted by atomic mass is 10.2. The van der Waals surface area contributed by atoms with Gasteiger partial charge < -0.3 is 10.6 Å². The molecule has 1 aliphatic rings. The maximum atomic E-state index is 12.1. The second-order valence-electron chi connectivity index (χ2n) is 5.94. The molecular formula is C16H20N6O2S. The standard InChI is InChI=1S/C16H20N6O2S/c1-11(23)17-13-7-4-8-14(9-13)22-16(19-20-21-22)25-10-15(24)18-12-5-2-3-6-12/h4,7-9,12H,2-3,5-6,10H2,1H3,(H,17,23)(H,18,24). The van der Waals surface area contributed by atoms with Gasteiger partial charge in [-0.3, -0.25) is 9.59 Å². The topological polar surface area (TPSA) is 102 Å². The molecule has 25 heavy (non-hydrogen) atoms. The minimum Gasteiger partial charge on any atom is -0.353 e. The number of nitrogens with one attached hydrogen (secondary N) is 2. The van der Waals surface area contributed by atoms with Crippen molar-refractivity contribution >= 4 is 29.3 Å². The molecule has 2 aromatic rings. The Morgan fingerprint density at radius 2 is 2.12 bits per heavy atom. The third-order valence-corrected chi connectivity index (χ3v) is 4.82. The Kier molecular flexibility index (Phi) is 5.64. The van der Waals surface area contributed by atoms with E-state index in [0.717, 1.165) is 18.5 Å². The fourth-order valence-electron chi connectivity index (χ4n) is 2.82. The summed E-state index contributed by atoms with van der Waals surface area (Å²) in [5.41, 5.74) is 1.38. The second kappa shape index (κ2) is 8.11. The number of amides is 2. The SMILES string of the molecule is CC(=O)Nc1cccc(-n2nnnc2SCC(=O)NC2CCCC2)c1. The van der Waals surface area contributed by atoms with Gasteiger partial charge in [0, 0.05) is 18.7 Å². The number of hydrogen-bond acceptors (Lipinski definition) is 6. The van der Waals surface area contributed by atoms with Gasteiger partial charge in [-0.25, -0.2) is 0 Å². The van der Waals surface area contributed by atoms with Gasteiger partial charge in [0.25, 0.3) is 0 Å². The first-order chi connectivity index (χ1) is 12.1. The number of benzene rings is 1. The zero-order valence-corrected chi connectivity index (χ0v) is 14.8. The van der Waals surface area contributed by atoms with Crippen molar-refractivity contribution in [2.75, 3.05) is 11.1 Å². The average molecular weight is 360 g/mol. The van der Waals surface area contributed by atoms with Crippen LogP contribution in [0.2, 0.25) is 0 Å². The summed E-state index contributed by atoms with van der Waals surface area (Å²) in [6.45, 7) is 1.45. The summed E-state index contributed by atoms with van der Waals surface area (Å²) in [6, 6.07) is 7.52. The molecule has 0 spiro atoms. The molecule has 132 valence electrons. The highest BCUT2D eigenvalue weighted by Crippen LogP contribution is 2.21. The van der Waals surface area contributed by atoms with Crippen LogP contribution in [0.5, 0.6) is 0 Å². The molecule has 2 N–H and O–H groups in total. The van der Waals surface area contributed by atoms with E-state index in [1.54, 1.807) is 16.8 Å². The van der Waals surface area contributed by atoms with Crippen molar-refractivity contribution < 1.29 is 9.59 Å². The molecule has 9 heteroatoms. The first kappa shape index (κ1) is 17.4. The van der Waals surface area contributed by atoms with E-state index in [2.05, 4.69) is 26.2 Å². The van der Waals surface area contributed by atoms with Gasteiger partial charge in [-0.2, -0.15) is 4.68 Å². The number of carbonyl (C=O) groups is 2. The van der Waals surface area contributed by atoms with Crippen molar-refractivity contribution in [2.45, 2.75) is 43.8 Å². The molecule has 0 atom stereocenters. The summed E-state index contributed by atoms with van der Waals surface area (Å²) >= 11 is 1.29. The highest BCUT2D eigenvalue weighted by Gasteiger charge is 2.18. The van der Waals surface area contributed by atoms with Gasteiger partial charge >= 0.3 is 0 Å². The Morgan fingerprint density at radius 1 is 1.32 bits per heavy atom. The molecule has 0 saturated heterocycles. The molecule has 2 amide bonds. The number of carbonyl (C=O) groups excluding carboxylic acids is 2. The zero-order valence-electron chi connectivity index (χ0n) is 13.9. The summed E-state index contributed by atoms with van der Waals surface area (Å²) in [4.78, 5) is 23.3. The van der Waals surface area contributed by atoms with Crippen molar-refractivity contribution in [1.82, 2.24) is 25.5 Å². The third-order valence-electron chi connectivity index (χ3n) is 3.90. The van der Waals surface area contributed by atoms with E-state index in [1.165, 1.54) is 31.5 Å². The fraction of sp³-hybridized carbons (Fsp3) is 0.438. The lowest BCUT2D eigenvalue weighted by Gasteiger charge is -2.11. The van der Waals surface area contributed by atoms with E-state index in [0.29, 0.717) is 16.9 Å². The van der Waals surface area contributed by atoms with Gasteiger partial charge in [-0.05, 0) is 41.5 Å². The maximum Gasteiger partial charge on any atom is 0.230 e. The molecule has 1 heterocycles. The van der Waals surface area contributed by atoms with Crippen LogP contribution in [0, 0.1) is 0 Å². The summed E-state index contributed by atoms with van der Waals surface area (Å²) < 4.78 is 1.55. The minimum absolute atomic E-state index is 0.00144. The molecule has 1 aromatic carbocycles. The number of aromatic nitrogens is 4. The average Bonchev–Trinajstić information content (AvgIpc) is 3.24. The van der Waals surface area contributed by atoms with Gasteiger partial charge in [0.1, 0.15) is 0 Å². The zero-order chi connectivity index (χ0) is 17.6. The predicted molar refractivity (Wildman–Crippen MR) is 94.6 cm³/mol.